The first-order chi connectivity index (χ1) is 11.7. The number of nitrogens with one attached hydrogen (secondary N) is 3. The molecule has 8 nitrogen and oxygen atoms in total. The summed E-state index contributed by atoms with van der Waals surface area (Å²) in [6.45, 7) is 1.53. The fraction of sp³-hybridized carbons (Fsp3) is 0.688. The van der Waals surface area contributed by atoms with Gasteiger partial charge in [0.1, 0.15) is 5.69 Å². The topological polar surface area (TPSA) is 97.3 Å². The lowest BCUT2D eigenvalue weighted by Crippen LogP contribution is -2.46. The van der Waals surface area contributed by atoms with Gasteiger partial charge in [-0.1, -0.05) is 12.8 Å². The lowest BCUT2D eigenvalue weighted by atomic mass is 10.2. The summed E-state index contributed by atoms with van der Waals surface area (Å²) in [5.41, 5.74) is 1.38. The number of hydrogen-bond acceptors (Lipinski definition) is 4. The number of carbonyl (C=O) groups is 2. The molecule has 0 bridgehead atoms. The summed E-state index contributed by atoms with van der Waals surface area (Å²) in [4.78, 5) is 24.0. The maximum Gasteiger partial charge on any atom is 0.315 e. The number of carbonyl (C=O) groups excluding carboxylic acids is 2. The standard InChI is InChI=1S/C16H25N5O3/c1-24-7-6-17-15(22)14-9-13-8-12(10-21(13)20-14)19-16(23)18-11-4-2-3-5-11/h9,11-12H,2-8,10H2,1H3,(H,17,22)(H2,18,19,23). The largest absolute Gasteiger partial charge is 0.383 e. The highest BCUT2D eigenvalue weighted by Gasteiger charge is 2.27. The molecule has 1 aliphatic heterocycles. The van der Waals surface area contributed by atoms with E-state index in [0.717, 1.165) is 18.5 Å². The molecule has 1 unspecified atom stereocenters. The summed E-state index contributed by atoms with van der Waals surface area (Å²) in [5, 5.41) is 13.1. The van der Waals surface area contributed by atoms with Gasteiger partial charge in [-0.3, -0.25) is 9.48 Å². The molecule has 1 aromatic heterocycles. The van der Waals surface area contributed by atoms with Crippen molar-refractivity contribution in [1.29, 1.82) is 0 Å². The molecule has 3 rings (SSSR count). The molecule has 1 atom stereocenters. The minimum absolute atomic E-state index is 0.0273. The van der Waals surface area contributed by atoms with Crippen LogP contribution in [0.2, 0.25) is 0 Å². The fourth-order valence-electron chi connectivity index (χ4n) is 3.35. The molecule has 0 aromatic carbocycles. The van der Waals surface area contributed by atoms with Crippen LogP contribution in [0, 0.1) is 0 Å². The summed E-state index contributed by atoms with van der Waals surface area (Å²) < 4.78 is 6.70. The van der Waals surface area contributed by atoms with Gasteiger partial charge in [0, 0.05) is 31.8 Å². The molecule has 24 heavy (non-hydrogen) atoms. The van der Waals surface area contributed by atoms with Crippen LogP contribution in [0.1, 0.15) is 41.9 Å². The molecule has 2 aliphatic rings. The number of ether oxygens (including phenoxy) is 1. The highest BCUT2D eigenvalue weighted by Crippen LogP contribution is 2.18. The van der Waals surface area contributed by atoms with E-state index in [2.05, 4.69) is 21.0 Å². The summed E-state index contributed by atoms with van der Waals surface area (Å²) in [6.07, 6.45) is 5.22. The molecular formula is C16H25N5O3. The molecule has 1 saturated carbocycles. The number of methoxy groups -OCH3 is 1. The molecule has 3 amide bonds. The van der Waals surface area contributed by atoms with Gasteiger partial charge in [0.15, 0.2) is 0 Å². The first kappa shape index (κ1) is 16.8. The van der Waals surface area contributed by atoms with E-state index in [9.17, 15) is 9.59 Å². The van der Waals surface area contributed by atoms with Crippen molar-refractivity contribution in [2.45, 2.75) is 50.7 Å². The Hall–Kier alpha value is -2.09. The second-order valence-electron chi connectivity index (χ2n) is 6.45. The van der Waals surface area contributed by atoms with E-state index in [0.29, 0.717) is 37.9 Å². The number of aromatic nitrogens is 2. The summed E-state index contributed by atoms with van der Waals surface area (Å²) in [5.74, 6) is -0.197. The molecule has 3 N–H and O–H groups in total. The number of amides is 3. The summed E-state index contributed by atoms with van der Waals surface area (Å²) in [6, 6.07) is 2.03. The van der Waals surface area contributed by atoms with Crippen LogP contribution in [0.3, 0.4) is 0 Å². The molecular weight excluding hydrogens is 310 g/mol. The normalized spacial score (nSPS) is 20.0. The van der Waals surface area contributed by atoms with Gasteiger partial charge in [-0.2, -0.15) is 5.10 Å². The van der Waals surface area contributed by atoms with E-state index in [1.807, 2.05) is 0 Å². The molecule has 0 spiro atoms. The first-order valence-electron chi connectivity index (χ1n) is 8.56. The van der Waals surface area contributed by atoms with Crippen LogP contribution in [0.4, 0.5) is 4.79 Å². The van der Waals surface area contributed by atoms with E-state index < -0.39 is 0 Å². The van der Waals surface area contributed by atoms with Crippen LogP contribution in [0.25, 0.3) is 0 Å². The molecule has 1 aromatic rings. The van der Waals surface area contributed by atoms with Gasteiger partial charge in [0.25, 0.3) is 5.91 Å². The molecule has 132 valence electrons. The number of urea groups is 1. The van der Waals surface area contributed by atoms with Gasteiger partial charge in [0.2, 0.25) is 0 Å². The van der Waals surface area contributed by atoms with Gasteiger partial charge in [-0.05, 0) is 18.9 Å². The van der Waals surface area contributed by atoms with Crippen LogP contribution in [0.5, 0.6) is 0 Å². The van der Waals surface area contributed by atoms with Crippen molar-refractivity contribution < 1.29 is 14.3 Å². The monoisotopic (exact) mass is 335 g/mol. The van der Waals surface area contributed by atoms with Crippen molar-refractivity contribution in [3.8, 4) is 0 Å². The van der Waals surface area contributed by atoms with Gasteiger partial charge in [0.05, 0.1) is 19.2 Å². The van der Waals surface area contributed by atoms with E-state index in [1.165, 1.54) is 12.8 Å². The zero-order valence-electron chi connectivity index (χ0n) is 14.0. The lowest BCUT2D eigenvalue weighted by molar-refractivity contribution is 0.0931. The van der Waals surface area contributed by atoms with Gasteiger partial charge >= 0.3 is 6.03 Å². The average molecular weight is 335 g/mol. The molecule has 1 fully saturated rings. The lowest BCUT2D eigenvalue weighted by Gasteiger charge is -2.16. The Bertz CT molecular complexity index is 571. The molecule has 0 radical (unpaired) electrons. The van der Waals surface area contributed by atoms with Gasteiger partial charge < -0.3 is 20.7 Å². The number of fused-ring (bicyclic) bond motifs is 1. The predicted octanol–water partition coefficient (Wildman–Crippen LogP) is 0.426. The summed E-state index contributed by atoms with van der Waals surface area (Å²) in [7, 11) is 1.59. The SMILES string of the molecule is COCCNC(=O)c1cc2n(n1)CC(NC(=O)NC1CCCC1)C2. The Morgan fingerprint density at radius 2 is 2.04 bits per heavy atom. The second-order valence-corrected chi connectivity index (χ2v) is 6.45. The van der Waals surface area contributed by atoms with Gasteiger partial charge in [-0.15, -0.1) is 0 Å². The Balaban J connectivity index is 1.46. The zero-order valence-corrected chi connectivity index (χ0v) is 14.0. The van der Waals surface area contributed by atoms with E-state index in [4.69, 9.17) is 4.74 Å². The van der Waals surface area contributed by atoms with Crippen molar-refractivity contribution in [1.82, 2.24) is 25.7 Å². The van der Waals surface area contributed by atoms with E-state index >= 15 is 0 Å². The minimum atomic E-state index is -0.197. The quantitative estimate of drug-likeness (QED) is 0.657. The second kappa shape index (κ2) is 7.65. The average Bonchev–Trinajstić information content (AvgIpc) is 3.23. The van der Waals surface area contributed by atoms with Crippen molar-refractivity contribution in [2.24, 2.45) is 0 Å². The highest BCUT2D eigenvalue weighted by molar-refractivity contribution is 5.92. The minimum Gasteiger partial charge on any atom is -0.383 e. The number of nitrogens with zero attached hydrogens (tertiary/aromatic N) is 2. The van der Waals surface area contributed by atoms with E-state index in [1.54, 1.807) is 17.9 Å². The molecule has 2 heterocycles. The maximum atomic E-state index is 12.0. The zero-order chi connectivity index (χ0) is 16.9. The fourth-order valence-corrected chi connectivity index (χ4v) is 3.35. The first-order valence-corrected chi connectivity index (χ1v) is 8.56. The third kappa shape index (κ3) is 4.05. The maximum absolute atomic E-state index is 12.0. The Morgan fingerprint density at radius 1 is 1.29 bits per heavy atom. The van der Waals surface area contributed by atoms with Crippen LogP contribution in [-0.2, 0) is 17.7 Å². The Morgan fingerprint density at radius 3 is 2.75 bits per heavy atom. The number of rotatable bonds is 6. The van der Waals surface area contributed by atoms with Crippen molar-refractivity contribution >= 4 is 11.9 Å². The predicted molar refractivity (Wildman–Crippen MR) is 87.9 cm³/mol. The van der Waals surface area contributed by atoms with Crippen LogP contribution >= 0.6 is 0 Å². The third-order valence-electron chi connectivity index (χ3n) is 4.56. The smallest absolute Gasteiger partial charge is 0.315 e. The van der Waals surface area contributed by atoms with Crippen molar-refractivity contribution in [3.05, 3.63) is 17.5 Å². The Kier molecular flexibility index (Phi) is 5.34. The molecule has 0 saturated heterocycles. The molecule has 1 aliphatic carbocycles. The van der Waals surface area contributed by atoms with Crippen molar-refractivity contribution in [2.75, 3.05) is 20.3 Å². The summed E-state index contributed by atoms with van der Waals surface area (Å²) >= 11 is 0. The van der Waals surface area contributed by atoms with Crippen LogP contribution in [-0.4, -0.2) is 54.1 Å². The van der Waals surface area contributed by atoms with Crippen molar-refractivity contribution in [3.63, 3.8) is 0 Å². The van der Waals surface area contributed by atoms with Crippen LogP contribution < -0.4 is 16.0 Å². The third-order valence-corrected chi connectivity index (χ3v) is 4.56. The van der Waals surface area contributed by atoms with E-state index in [-0.39, 0.29) is 18.0 Å². The number of hydrogen-bond donors (Lipinski definition) is 3. The molecule has 8 heteroatoms. The van der Waals surface area contributed by atoms with Gasteiger partial charge in [-0.25, -0.2) is 4.79 Å². The highest BCUT2D eigenvalue weighted by atomic mass is 16.5. The van der Waals surface area contributed by atoms with Crippen LogP contribution in [0.15, 0.2) is 6.07 Å². The Labute approximate surface area is 141 Å².